The van der Waals surface area contributed by atoms with Gasteiger partial charge in [-0.1, -0.05) is 23.4 Å². The van der Waals surface area contributed by atoms with E-state index in [0.717, 1.165) is 11.1 Å². The number of thioether (sulfide) groups is 1. The lowest BCUT2D eigenvalue weighted by atomic mass is 10.0. The summed E-state index contributed by atoms with van der Waals surface area (Å²) >= 11 is 1.41. The molecule has 3 aliphatic rings. The van der Waals surface area contributed by atoms with Crippen molar-refractivity contribution in [3.8, 4) is 17.2 Å². The molecule has 1 N–H and O–H groups in total. The van der Waals surface area contributed by atoms with Crippen molar-refractivity contribution in [1.82, 2.24) is 25.3 Å². The second kappa shape index (κ2) is 14.6. The summed E-state index contributed by atoms with van der Waals surface area (Å²) in [6, 6.07) is 12.8. The molecule has 6 rings (SSSR count). The van der Waals surface area contributed by atoms with Crippen molar-refractivity contribution < 1.29 is 33.1 Å². The molecule has 4 heterocycles. The molecule has 0 saturated carbocycles. The fraction of sp³-hybridized carbons (Fsp3) is 0.452. The van der Waals surface area contributed by atoms with E-state index < -0.39 is 6.10 Å². The highest BCUT2D eigenvalue weighted by molar-refractivity contribution is 7.99. The average Bonchev–Trinajstić information content (AvgIpc) is 3.44. The zero-order valence-electron chi connectivity index (χ0n) is 25.1. The SMILES string of the molecule is COc1cc2ccc1Oc1cccc(c1)CO[C@H]1CN(C(=O)CSCc3nc(C)no3)CC[C@@H]1NC(=O)CN(C)C(=O)CC2. The van der Waals surface area contributed by atoms with Crippen molar-refractivity contribution in [2.45, 2.75) is 50.7 Å². The Balaban J connectivity index is 1.31. The molecule has 0 spiro atoms. The quantitative estimate of drug-likeness (QED) is 0.452. The monoisotopic (exact) mass is 623 g/mol. The van der Waals surface area contributed by atoms with Gasteiger partial charge in [-0.25, -0.2) is 0 Å². The fourth-order valence-corrected chi connectivity index (χ4v) is 5.92. The molecular weight excluding hydrogens is 586 g/mol. The van der Waals surface area contributed by atoms with E-state index in [1.807, 2.05) is 42.5 Å². The van der Waals surface area contributed by atoms with Crippen LogP contribution in [0.15, 0.2) is 47.0 Å². The molecule has 2 atom stereocenters. The average molecular weight is 624 g/mol. The van der Waals surface area contributed by atoms with Crippen molar-refractivity contribution >= 4 is 29.5 Å². The maximum absolute atomic E-state index is 13.1. The number of amides is 3. The van der Waals surface area contributed by atoms with Gasteiger partial charge in [0.1, 0.15) is 5.75 Å². The lowest BCUT2D eigenvalue weighted by Crippen LogP contribution is -2.57. The number of benzene rings is 2. The number of hydrogen-bond donors (Lipinski definition) is 1. The van der Waals surface area contributed by atoms with Crippen LogP contribution < -0.4 is 14.8 Å². The van der Waals surface area contributed by atoms with E-state index in [4.69, 9.17) is 18.7 Å². The zero-order chi connectivity index (χ0) is 31.1. The molecule has 12 nitrogen and oxygen atoms in total. The summed E-state index contributed by atoms with van der Waals surface area (Å²) in [4.78, 5) is 46.4. The smallest absolute Gasteiger partial charge is 0.239 e. The summed E-state index contributed by atoms with van der Waals surface area (Å²) in [6.07, 6.45) is 0.794. The van der Waals surface area contributed by atoms with E-state index in [2.05, 4.69) is 15.5 Å². The molecule has 13 heteroatoms. The van der Waals surface area contributed by atoms with E-state index in [1.54, 1.807) is 26.0 Å². The van der Waals surface area contributed by atoms with Crippen LogP contribution in [-0.2, 0) is 37.9 Å². The minimum Gasteiger partial charge on any atom is -0.493 e. The van der Waals surface area contributed by atoms with Crippen LogP contribution in [0.2, 0.25) is 0 Å². The summed E-state index contributed by atoms with van der Waals surface area (Å²) in [5.74, 6) is 3.01. The van der Waals surface area contributed by atoms with E-state index in [1.165, 1.54) is 16.7 Å². The van der Waals surface area contributed by atoms with Crippen LogP contribution in [0.25, 0.3) is 0 Å². The van der Waals surface area contributed by atoms with Gasteiger partial charge in [0.05, 0.1) is 43.9 Å². The summed E-state index contributed by atoms with van der Waals surface area (Å²) in [5, 5.41) is 6.84. The van der Waals surface area contributed by atoms with Crippen molar-refractivity contribution in [2.75, 3.05) is 39.5 Å². The number of likely N-dealkylation sites (tertiary alicyclic amines) is 1. The van der Waals surface area contributed by atoms with Gasteiger partial charge < -0.3 is 33.9 Å². The number of nitrogens with zero attached hydrogens (tertiary/aromatic N) is 4. The van der Waals surface area contributed by atoms with E-state index >= 15 is 0 Å². The highest BCUT2D eigenvalue weighted by Gasteiger charge is 2.33. The minimum absolute atomic E-state index is 0.0318. The Morgan fingerprint density at radius 2 is 2.02 bits per heavy atom. The molecule has 3 aromatic rings. The second-order valence-electron chi connectivity index (χ2n) is 10.9. The van der Waals surface area contributed by atoms with Gasteiger partial charge in [0.25, 0.3) is 0 Å². The molecular formula is C31H37N5O7S. The number of aromatic nitrogens is 2. The number of piperidine rings is 1. The van der Waals surface area contributed by atoms with E-state index in [-0.39, 0.29) is 49.1 Å². The largest absolute Gasteiger partial charge is 0.493 e. The number of methoxy groups -OCH3 is 1. The third-order valence-corrected chi connectivity index (χ3v) is 8.43. The number of aryl methyl sites for hydroxylation is 2. The third kappa shape index (κ3) is 8.29. The number of rotatable bonds is 5. The van der Waals surface area contributed by atoms with Crippen molar-refractivity contribution in [2.24, 2.45) is 0 Å². The summed E-state index contributed by atoms with van der Waals surface area (Å²) in [6.45, 7) is 2.71. The Kier molecular flexibility index (Phi) is 10.4. The molecule has 1 aromatic heterocycles. The van der Waals surface area contributed by atoms with Crippen LogP contribution in [0, 0.1) is 6.92 Å². The highest BCUT2D eigenvalue weighted by Crippen LogP contribution is 2.33. The molecule has 44 heavy (non-hydrogen) atoms. The Bertz CT molecular complexity index is 1480. The number of hydrogen-bond acceptors (Lipinski definition) is 10. The molecule has 0 unspecified atom stereocenters. The van der Waals surface area contributed by atoms with E-state index in [0.29, 0.717) is 60.6 Å². The van der Waals surface area contributed by atoms with Crippen LogP contribution in [-0.4, -0.2) is 89.4 Å². The van der Waals surface area contributed by atoms with Crippen LogP contribution in [0.3, 0.4) is 0 Å². The van der Waals surface area contributed by atoms with Crippen molar-refractivity contribution in [3.05, 3.63) is 65.3 Å². The summed E-state index contributed by atoms with van der Waals surface area (Å²) in [7, 11) is 3.20. The Morgan fingerprint density at radius 3 is 2.82 bits per heavy atom. The molecule has 234 valence electrons. The molecule has 3 aliphatic heterocycles. The Morgan fingerprint density at radius 1 is 1.16 bits per heavy atom. The predicted octanol–water partition coefficient (Wildman–Crippen LogP) is 3.12. The highest BCUT2D eigenvalue weighted by atomic mass is 32.2. The van der Waals surface area contributed by atoms with Crippen molar-refractivity contribution in [3.63, 3.8) is 0 Å². The molecule has 1 fully saturated rings. The molecule has 0 radical (unpaired) electrons. The first-order valence-electron chi connectivity index (χ1n) is 14.5. The number of carbonyl (C=O) groups is 3. The maximum Gasteiger partial charge on any atom is 0.239 e. The van der Waals surface area contributed by atoms with Crippen LogP contribution >= 0.6 is 11.8 Å². The second-order valence-corrected chi connectivity index (χ2v) is 11.9. The third-order valence-electron chi connectivity index (χ3n) is 7.53. The summed E-state index contributed by atoms with van der Waals surface area (Å²) < 4.78 is 23.2. The molecule has 1 saturated heterocycles. The number of likely N-dealkylation sites (N-methyl/N-ethyl adjacent to an activating group) is 1. The molecule has 2 aromatic carbocycles. The number of ether oxygens (including phenoxy) is 3. The first-order chi connectivity index (χ1) is 21.3. The first-order valence-corrected chi connectivity index (χ1v) is 15.7. The van der Waals surface area contributed by atoms with E-state index in [9.17, 15) is 14.4 Å². The molecule has 3 amide bonds. The minimum atomic E-state index is -0.458. The van der Waals surface area contributed by atoms with Gasteiger partial charge in [-0.15, -0.1) is 11.8 Å². The lowest BCUT2D eigenvalue weighted by Gasteiger charge is -2.39. The van der Waals surface area contributed by atoms with Crippen molar-refractivity contribution in [1.29, 1.82) is 0 Å². The van der Waals surface area contributed by atoms with Crippen LogP contribution in [0.1, 0.15) is 35.7 Å². The van der Waals surface area contributed by atoms with Crippen LogP contribution in [0.5, 0.6) is 17.2 Å². The van der Waals surface area contributed by atoms with Gasteiger partial charge >= 0.3 is 0 Å². The van der Waals surface area contributed by atoms with Gasteiger partial charge in [-0.05, 0) is 55.2 Å². The standard InChI is InChI=1S/C31H37N5O7S/c1-20-32-29(43-34-20)18-44-19-31(39)36-12-11-24-27(15-36)41-17-22-5-4-6-23(13-22)42-25-9-7-21(14-26(25)40-3)8-10-30(38)35(2)16-28(37)33-24/h4-7,9,13-14,24,27H,8,10-12,15-19H2,1-3H3,(H,33,37)/t24-,27-/m0/s1. The molecule has 0 aliphatic carbocycles. The van der Waals surface area contributed by atoms with Gasteiger partial charge in [-0.3, -0.25) is 14.4 Å². The maximum atomic E-state index is 13.1. The zero-order valence-corrected chi connectivity index (χ0v) is 25.9. The number of carbonyl (C=O) groups excluding carboxylic acids is 3. The summed E-state index contributed by atoms with van der Waals surface area (Å²) in [5.41, 5.74) is 1.80. The van der Waals surface area contributed by atoms with Gasteiger partial charge in [0.15, 0.2) is 17.3 Å². The van der Waals surface area contributed by atoms with Gasteiger partial charge in [-0.2, -0.15) is 4.98 Å². The first kappa shape index (κ1) is 31.3. The van der Waals surface area contributed by atoms with Gasteiger partial charge in [0.2, 0.25) is 23.6 Å². The number of fused-ring (bicyclic) bond motifs is 9. The van der Waals surface area contributed by atoms with Crippen LogP contribution in [0.4, 0.5) is 0 Å². The Hall–Kier alpha value is -4.10. The number of nitrogens with one attached hydrogen (secondary N) is 1. The fourth-order valence-electron chi connectivity index (χ4n) is 5.17. The molecule has 4 bridgehead atoms. The van der Waals surface area contributed by atoms with Gasteiger partial charge in [0, 0.05) is 26.6 Å². The Labute approximate surface area is 260 Å². The normalized spacial score (nSPS) is 19.7. The predicted molar refractivity (Wildman–Crippen MR) is 162 cm³/mol. The lowest BCUT2D eigenvalue weighted by molar-refractivity contribution is -0.138. The topological polar surface area (TPSA) is 136 Å².